The Bertz CT molecular complexity index is 1100. The van der Waals surface area contributed by atoms with Crippen molar-refractivity contribution in [2.24, 2.45) is 4.99 Å². The van der Waals surface area contributed by atoms with Crippen molar-refractivity contribution in [3.8, 4) is 11.1 Å². The normalized spacial score (nSPS) is 11.5. The van der Waals surface area contributed by atoms with Crippen molar-refractivity contribution in [2.45, 2.75) is 26.4 Å². The van der Waals surface area contributed by atoms with Crippen LogP contribution in [0.15, 0.2) is 95.1 Å². The second-order valence-electron chi connectivity index (χ2n) is 7.54. The molecule has 0 atom stereocenters. The monoisotopic (exact) mass is 427 g/mol. The molecule has 0 spiro atoms. The molecule has 32 heavy (non-hydrogen) atoms. The van der Waals surface area contributed by atoms with E-state index in [4.69, 9.17) is 9.41 Å². The summed E-state index contributed by atoms with van der Waals surface area (Å²) in [6.07, 6.45) is 8.14. The largest absolute Gasteiger partial charge is 0.469 e. The van der Waals surface area contributed by atoms with Crippen LogP contribution in [0, 0.1) is 0 Å². The van der Waals surface area contributed by atoms with E-state index in [1.54, 1.807) is 12.5 Å². The molecule has 2 heterocycles. The maximum Gasteiger partial charge on any atom is 0.191 e. The Morgan fingerprint density at radius 1 is 1.03 bits per heavy atom. The van der Waals surface area contributed by atoms with Gasteiger partial charge in [-0.25, -0.2) is 9.98 Å². The second-order valence-corrected chi connectivity index (χ2v) is 7.54. The summed E-state index contributed by atoms with van der Waals surface area (Å²) >= 11 is 0. The molecule has 0 aliphatic heterocycles. The Hall–Kier alpha value is -3.80. The van der Waals surface area contributed by atoms with E-state index in [0.29, 0.717) is 6.54 Å². The van der Waals surface area contributed by atoms with Crippen molar-refractivity contribution in [2.75, 3.05) is 13.1 Å². The summed E-state index contributed by atoms with van der Waals surface area (Å²) in [5, 5.41) is 6.71. The molecule has 0 fully saturated rings. The van der Waals surface area contributed by atoms with Gasteiger partial charge < -0.3 is 19.6 Å². The molecule has 0 radical (unpaired) electrons. The van der Waals surface area contributed by atoms with Gasteiger partial charge in [0, 0.05) is 38.4 Å². The number of aromatic nitrogens is 2. The van der Waals surface area contributed by atoms with Gasteiger partial charge in [-0.05, 0) is 41.3 Å². The quantitative estimate of drug-likeness (QED) is 0.305. The predicted octanol–water partition coefficient (Wildman–Crippen LogP) is 4.49. The summed E-state index contributed by atoms with van der Waals surface area (Å²) in [6.45, 7) is 5.07. The van der Waals surface area contributed by atoms with Crippen LogP contribution in [0.4, 0.5) is 0 Å². The van der Waals surface area contributed by atoms with Gasteiger partial charge in [0.1, 0.15) is 5.76 Å². The van der Waals surface area contributed by atoms with E-state index in [1.807, 2.05) is 24.7 Å². The Balaban J connectivity index is 1.43. The molecule has 0 aliphatic carbocycles. The lowest BCUT2D eigenvalue weighted by atomic mass is 9.98. The molecule has 0 bridgehead atoms. The van der Waals surface area contributed by atoms with Crippen LogP contribution in [0.2, 0.25) is 0 Å². The highest BCUT2D eigenvalue weighted by Crippen LogP contribution is 2.25. The van der Waals surface area contributed by atoms with Crippen LogP contribution in [-0.4, -0.2) is 28.6 Å². The highest BCUT2D eigenvalue weighted by molar-refractivity contribution is 5.80. The number of benzene rings is 2. The van der Waals surface area contributed by atoms with Gasteiger partial charge in [0.25, 0.3) is 0 Å². The highest BCUT2D eigenvalue weighted by Gasteiger charge is 2.06. The number of nitrogens with zero attached hydrogens (tertiary/aromatic N) is 3. The molecule has 2 N–H and O–H groups in total. The summed E-state index contributed by atoms with van der Waals surface area (Å²) in [6, 6.07) is 21.1. The number of hydrogen-bond donors (Lipinski definition) is 2. The molecule has 0 unspecified atom stereocenters. The molecule has 6 heteroatoms. The minimum Gasteiger partial charge on any atom is -0.469 e. The van der Waals surface area contributed by atoms with Crippen LogP contribution in [0.3, 0.4) is 0 Å². The topological polar surface area (TPSA) is 67.4 Å². The molecule has 0 saturated carbocycles. The first-order valence-electron chi connectivity index (χ1n) is 11.0. The number of imidazole rings is 1. The van der Waals surface area contributed by atoms with Crippen molar-refractivity contribution >= 4 is 5.96 Å². The van der Waals surface area contributed by atoms with Gasteiger partial charge in [-0.2, -0.15) is 0 Å². The van der Waals surface area contributed by atoms with Crippen LogP contribution in [0.1, 0.15) is 23.8 Å². The molecule has 0 saturated heterocycles. The average Bonchev–Trinajstić information content (AvgIpc) is 3.53. The number of nitrogens with one attached hydrogen (secondary N) is 2. The van der Waals surface area contributed by atoms with Crippen LogP contribution in [0.25, 0.3) is 11.1 Å². The third kappa shape index (κ3) is 5.88. The van der Waals surface area contributed by atoms with E-state index in [2.05, 4.69) is 75.6 Å². The molecule has 2 aromatic carbocycles. The van der Waals surface area contributed by atoms with E-state index in [-0.39, 0.29) is 0 Å². The van der Waals surface area contributed by atoms with Crippen LogP contribution < -0.4 is 10.6 Å². The number of aliphatic imine (C=N–C) groups is 1. The van der Waals surface area contributed by atoms with E-state index in [0.717, 1.165) is 37.8 Å². The summed E-state index contributed by atoms with van der Waals surface area (Å²) in [7, 11) is 0. The Morgan fingerprint density at radius 2 is 1.91 bits per heavy atom. The first kappa shape index (κ1) is 21.4. The lowest BCUT2D eigenvalue weighted by Gasteiger charge is -2.13. The van der Waals surface area contributed by atoms with E-state index < -0.39 is 0 Å². The average molecular weight is 428 g/mol. The van der Waals surface area contributed by atoms with E-state index in [1.165, 1.54) is 22.3 Å². The van der Waals surface area contributed by atoms with E-state index >= 15 is 0 Å². The van der Waals surface area contributed by atoms with Crippen molar-refractivity contribution < 1.29 is 4.42 Å². The van der Waals surface area contributed by atoms with Crippen LogP contribution >= 0.6 is 0 Å². The molecular formula is C26H29N5O. The van der Waals surface area contributed by atoms with Gasteiger partial charge in [-0.1, -0.05) is 48.5 Å². The fourth-order valence-corrected chi connectivity index (χ4v) is 3.59. The van der Waals surface area contributed by atoms with Gasteiger partial charge in [-0.3, -0.25) is 0 Å². The Kier molecular flexibility index (Phi) is 7.37. The molecule has 0 amide bonds. The van der Waals surface area contributed by atoms with Gasteiger partial charge in [0.05, 0.1) is 19.1 Å². The SMILES string of the molecule is CCNC(=NCc1ccccc1-c1ccc(Cn2ccnc2)cc1)NCCc1ccco1. The molecule has 6 nitrogen and oxygen atoms in total. The second kappa shape index (κ2) is 11.0. The van der Waals surface area contributed by atoms with Crippen LogP contribution in [-0.2, 0) is 19.5 Å². The van der Waals surface area contributed by atoms with Crippen molar-refractivity contribution in [3.05, 3.63) is 103 Å². The minimum atomic E-state index is 0.600. The lowest BCUT2D eigenvalue weighted by Crippen LogP contribution is -2.38. The van der Waals surface area contributed by atoms with Gasteiger partial charge in [0.2, 0.25) is 0 Å². The Labute approximate surface area is 189 Å². The zero-order valence-corrected chi connectivity index (χ0v) is 18.4. The third-order valence-electron chi connectivity index (χ3n) is 5.20. The van der Waals surface area contributed by atoms with Gasteiger partial charge in [0.15, 0.2) is 5.96 Å². The molecule has 4 rings (SSSR count). The van der Waals surface area contributed by atoms with Crippen molar-refractivity contribution in [3.63, 3.8) is 0 Å². The zero-order chi connectivity index (χ0) is 22.0. The molecule has 164 valence electrons. The molecule has 4 aromatic rings. The number of furan rings is 1. The predicted molar refractivity (Wildman–Crippen MR) is 128 cm³/mol. The third-order valence-corrected chi connectivity index (χ3v) is 5.20. The molecule has 0 aliphatic rings. The fourth-order valence-electron chi connectivity index (χ4n) is 3.59. The maximum absolute atomic E-state index is 5.40. The standard InChI is InChI=1S/C26H29N5O/c1-2-28-26(29-14-13-24-7-5-17-32-24)30-18-23-6-3-4-8-25(23)22-11-9-21(10-12-22)19-31-16-15-27-20-31/h3-12,15-17,20H,2,13-14,18-19H2,1H3,(H2,28,29,30). The van der Waals surface area contributed by atoms with Crippen molar-refractivity contribution in [1.29, 1.82) is 0 Å². The van der Waals surface area contributed by atoms with Gasteiger partial charge >= 0.3 is 0 Å². The number of hydrogen-bond acceptors (Lipinski definition) is 3. The summed E-state index contributed by atoms with van der Waals surface area (Å²) in [4.78, 5) is 8.92. The first-order chi connectivity index (χ1) is 15.8. The number of guanidine groups is 1. The minimum absolute atomic E-state index is 0.600. The molecular weight excluding hydrogens is 398 g/mol. The van der Waals surface area contributed by atoms with E-state index in [9.17, 15) is 0 Å². The smallest absolute Gasteiger partial charge is 0.191 e. The summed E-state index contributed by atoms with van der Waals surface area (Å²) < 4.78 is 7.47. The lowest BCUT2D eigenvalue weighted by molar-refractivity contribution is 0.507. The van der Waals surface area contributed by atoms with Crippen LogP contribution in [0.5, 0.6) is 0 Å². The highest BCUT2D eigenvalue weighted by atomic mass is 16.3. The first-order valence-corrected chi connectivity index (χ1v) is 11.0. The van der Waals surface area contributed by atoms with Gasteiger partial charge in [-0.15, -0.1) is 0 Å². The Morgan fingerprint density at radius 3 is 2.66 bits per heavy atom. The summed E-state index contributed by atoms with van der Waals surface area (Å²) in [5.74, 6) is 1.78. The molecule has 2 aromatic heterocycles. The van der Waals surface area contributed by atoms with Crippen molar-refractivity contribution in [1.82, 2.24) is 20.2 Å². The maximum atomic E-state index is 5.40. The summed E-state index contributed by atoms with van der Waals surface area (Å²) in [5.41, 5.74) is 4.84. The number of rotatable bonds is 9. The zero-order valence-electron chi connectivity index (χ0n) is 18.4. The fraction of sp³-hybridized carbons (Fsp3) is 0.231.